The first-order valence-corrected chi connectivity index (χ1v) is 8.93. The molecule has 2 heterocycles. The number of sulfonamides is 1. The number of hydrogen-bond acceptors (Lipinski definition) is 5. The van der Waals surface area contributed by atoms with Crippen molar-refractivity contribution in [3.8, 4) is 0 Å². The second-order valence-electron chi connectivity index (χ2n) is 4.47. The Labute approximate surface area is 122 Å². The van der Waals surface area contributed by atoms with Crippen molar-refractivity contribution in [2.24, 2.45) is 7.05 Å². The molecule has 110 valence electrons. The highest BCUT2D eigenvalue weighted by Gasteiger charge is 2.18. The van der Waals surface area contributed by atoms with Crippen LogP contribution in [0.2, 0.25) is 0 Å². The standard InChI is InChI=1S/C12H18N4O2S2/c1-16-8-7-14-12(16)11(10-4-3-9-19-10)13-5-6-15-20(2,17)18/h3-4,7-9,11,13,15H,5-6H2,1-2H3. The zero-order valence-corrected chi connectivity index (χ0v) is 13.0. The molecule has 2 rings (SSSR count). The maximum atomic E-state index is 11.0. The minimum Gasteiger partial charge on any atom is -0.336 e. The van der Waals surface area contributed by atoms with Crippen molar-refractivity contribution in [2.75, 3.05) is 19.3 Å². The van der Waals surface area contributed by atoms with Gasteiger partial charge in [-0.25, -0.2) is 18.1 Å². The predicted molar refractivity (Wildman–Crippen MR) is 80.2 cm³/mol. The molecule has 0 bridgehead atoms. The second-order valence-corrected chi connectivity index (χ2v) is 7.28. The SMILES string of the molecule is Cn1ccnc1C(NCCNS(C)(=O)=O)c1cccs1. The molecule has 0 aliphatic rings. The van der Waals surface area contributed by atoms with Crippen molar-refractivity contribution < 1.29 is 8.42 Å². The zero-order valence-electron chi connectivity index (χ0n) is 11.4. The minimum absolute atomic E-state index is 0.0311. The Morgan fingerprint density at radius 3 is 2.80 bits per heavy atom. The molecule has 1 atom stereocenters. The fourth-order valence-corrected chi connectivity index (χ4v) is 3.15. The van der Waals surface area contributed by atoms with Crippen LogP contribution in [-0.2, 0) is 17.1 Å². The Balaban J connectivity index is 2.04. The molecule has 6 nitrogen and oxygen atoms in total. The molecule has 0 aliphatic carbocycles. The van der Waals surface area contributed by atoms with Crippen LogP contribution in [0.3, 0.4) is 0 Å². The van der Waals surface area contributed by atoms with Crippen LogP contribution in [0, 0.1) is 0 Å². The van der Waals surface area contributed by atoms with E-state index in [1.54, 1.807) is 17.5 Å². The molecule has 0 saturated heterocycles. The molecule has 2 aromatic rings. The summed E-state index contributed by atoms with van der Waals surface area (Å²) in [6, 6.07) is 4.00. The smallest absolute Gasteiger partial charge is 0.208 e. The van der Waals surface area contributed by atoms with Crippen molar-refractivity contribution in [1.29, 1.82) is 0 Å². The van der Waals surface area contributed by atoms with E-state index >= 15 is 0 Å². The maximum Gasteiger partial charge on any atom is 0.208 e. The van der Waals surface area contributed by atoms with Gasteiger partial charge in [0, 0.05) is 37.4 Å². The summed E-state index contributed by atoms with van der Waals surface area (Å²) in [5.41, 5.74) is 0. The average molecular weight is 314 g/mol. The van der Waals surface area contributed by atoms with Gasteiger partial charge in [0.1, 0.15) is 11.9 Å². The van der Waals surface area contributed by atoms with Crippen molar-refractivity contribution in [3.63, 3.8) is 0 Å². The summed E-state index contributed by atoms with van der Waals surface area (Å²) in [6.45, 7) is 0.883. The third-order valence-electron chi connectivity index (χ3n) is 2.78. The van der Waals surface area contributed by atoms with Crippen molar-refractivity contribution >= 4 is 21.4 Å². The van der Waals surface area contributed by atoms with Crippen LogP contribution in [0.4, 0.5) is 0 Å². The lowest BCUT2D eigenvalue weighted by Gasteiger charge is -2.17. The van der Waals surface area contributed by atoms with Crippen LogP contribution in [0.5, 0.6) is 0 Å². The van der Waals surface area contributed by atoms with E-state index in [0.717, 1.165) is 17.0 Å². The fraction of sp³-hybridized carbons (Fsp3) is 0.417. The van der Waals surface area contributed by atoms with E-state index in [1.807, 2.05) is 35.3 Å². The van der Waals surface area contributed by atoms with E-state index in [0.29, 0.717) is 13.1 Å². The van der Waals surface area contributed by atoms with Gasteiger partial charge in [0.25, 0.3) is 0 Å². The molecule has 0 saturated carbocycles. The highest BCUT2D eigenvalue weighted by molar-refractivity contribution is 7.88. The molecule has 8 heteroatoms. The fourth-order valence-electron chi connectivity index (χ4n) is 1.88. The van der Waals surface area contributed by atoms with Crippen LogP contribution in [0.15, 0.2) is 29.9 Å². The summed E-state index contributed by atoms with van der Waals surface area (Å²) in [5, 5.41) is 5.35. The number of nitrogens with zero attached hydrogens (tertiary/aromatic N) is 2. The van der Waals surface area contributed by atoms with Crippen LogP contribution in [0.1, 0.15) is 16.7 Å². The summed E-state index contributed by atoms with van der Waals surface area (Å²) in [5.74, 6) is 0.909. The quantitative estimate of drug-likeness (QED) is 0.738. The monoisotopic (exact) mass is 314 g/mol. The van der Waals surface area contributed by atoms with Gasteiger partial charge in [0.05, 0.1) is 6.26 Å². The van der Waals surface area contributed by atoms with Gasteiger partial charge in [-0.15, -0.1) is 11.3 Å². The molecular weight excluding hydrogens is 296 g/mol. The Bertz CT molecular complexity index is 634. The molecule has 2 N–H and O–H groups in total. The number of aromatic nitrogens is 2. The highest BCUT2D eigenvalue weighted by Crippen LogP contribution is 2.24. The molecule has 0 fully saturated rings. The summed E-state index contributed by atoms with van der Waals surface area (Å²) < 4.78 is 26.5. The van der Waals surface area contributed by atoms with Gasteiger partial charge in [0.2, 0.25) is 10.0 Å². The number of nitrogens with one attached hydrogen (secondary N) is 2. The number of imidazole rings is 1. The van der Waals surface area contributed by atoms with E-state index in [1.165, 1.54) is 0 Å². The summed E-state index contributed by atoms with van der Waals surface area (Å²) in [6.07, 6.45) is 4.81. The largest absolute Gasteiger partial charge is 0.336 e. The number of rotatable bonds is 7. The average Bonchev–Trinajstić information content (AvgIpc) is 3.00. The number of aryl methyl sites for hydroxylation is 1. The van der Waals surface area contributed by atoms with Gasteiger partial charge in [0.15, 0.2) is 0 Å². The first-order valence-electron chi connectivity index (χ1n) is 6.16. The molecule has 0 aromatic carbocycles. The lowest BCUT2D eigenvalue weighted by Crippen LogP contribution is -2.34. The Morgan fingerprint density at radius 2 is 2.25 bits per heavy atom. The van der Waals surface area contributed by atoms with E-state index in [4.69, 9.17) is 0 Å². The molecule has 0 aliphatic heterocycles. The van der Waals surface area contributed by atoms with E-state index < -0.39 is 10.0 Å². The summed E-state index contributed by atoms with van der Waals surface area (Å²) in [4.78, 5) is 5.52. The van der Waals surface area contributed by atoms with E-state index in [-0.39, 0.29) is 6.04 Å². The van der Waals surface area contributed by atoms with Crippen LogP contribution >= 0.6 is 11.3 Å². The molecule has 0 spiro atoms. The van der Waals surface area contributed by atoms with Crippen LogP contribution in [-0.4, -0.2) is 37.3 Å². The molecule has 1 unspecified atom stereocenters. The Hall–Kier alpha value is -1.22. The lowest BCUT2D eigenvalue weighted by atomic mass is 10.2. The normalized spacial score (nSPS) is 13.5. The predicted octanol–water partition coefficient (Wildman–Crippen LogP) is 0.710. The molecule has 0 radical (unpaired) electrons. The Kier molecular flexibility index (Phi) is 4.92. The van der Waals surface area contributed by atoms with Crippen LogP contribution < -0.4 is 10.0 Å². The van der Waals surface area contributed by atoms with E-state index in [9.17, 15) is 8.42 Å². The molecule has 20 heavy (non-hydrogen) atoms. The molecule has 0 amide bonds. The number of thiophene rings is 1. The number of hydrogen-bond donors (Lipinski definition) is 2. The summed E-state index contributed by atoms with van der Waals surface area (Å²) in [7, 11) is -1.20. The highest BCUT2D eigenvalue weighted by atomic mass is 32.2. The van der Waals surface area contributed by atoms with Gasteiger partial charge in [-0.2, -0.15) is 0 Å². The summed E-state index contributed by atoms with van der Waals surface area (Å²) >= 11 is 1.65. The molecular formula is C12H18N4O2S2. The second kappa shape index (κ2) is 6.49. The van der Waals surface area contributed by atoms with Gasteiger partial charge in [-0.05, 0) is 11.4 Å². The zero-order chi connectivity index (χ0) is 14.6. The maximum absolute atomic E-state index is 11.0. The third-order valence-corrected chi connectivity index (χ3v) is 4.45. The van der Waals surface area contributed by atoms with Gasteiger partial charge >= 0.3 is 0 Å². The van der Waals surface area contributed by atoms with Gasteiger partial charge in [-0.3, -0.25) is 0 Å². The lowest BCUT2D eigenvalue weighted by molar-refractivity contribution is 0.552. The van der Waals surface area contributed by atoms with Crippen molar-refractivity contribution in [1.82, 2.24) is 19.6 Å². The Morgan fingerprint density at radius 1 is 1.45 bits per heavy atom. The van der Waals surface area contributed by atoms with E-state index in [2.05, 4.69) is 15.0 Å². The van der Waals surface area contributed by atoms with Crippen molar-refractivity contribution in [2.45, 2.75) is 6.04 Å². The van der Waals surface area contributed by atoms with Crippen molar-refractivity contribution in [3.05, 3.63) is 40.6 Å². The molecule has 2 aromatic heterocycles. The topological polar surface area (TPSA) is 76.0 Å². The van der Waals surface area contributed by atoms with Gasteiger partial charge < -0.3 is 9.88 Å². The van der Waals surface area contributed by atoms with Gasteiger partial charge in [-0.1, -0.05) is 6.07 Å². The third kappa shape index (κ3) is 4.14. The minimum atomic E-state index is -3.15. The first-order chi connectivity index (χ1) is 9.47. The first kappa shape index (κ1) is 15.2. The van der Waals surface area contributed by atoms with Crippen LogP contribution in [0.25, 0.3) is 0 Å².